The number of hydrogen-bond donors (Lipinski definition) is 0. The Balaban J connectivity index is 1.96. The van der Waals surface area contributed by atoms with E-state index in [-0.39, 0.29) is 0 Å². The average Bonchev–Trinajstić information content (AvgIpc) is 2.55. The first-order valence-electron chi connectivity index (χ1n) is 6.73. The predicted molar refractivity (Wildman–Crippen MR) is 80.1 cm³/mol. The van der Waals surface area contributed by atoms with E-state index in [1.807, 2.05) is 36.4 Å². The topological polar surface area (TPSA) is 12.9 Å². The van der Waals surface area contributed by atoms with Crippen LogP contribution in [0.2, 0.25) is 0 Å². The predicted octanol–water partition coefficient (Wildman–Crippen LogP) is 5.43. The summed E-state index contributed by atoms with van der Waals surface area (Å²) in [6, 6.07) is 18.5. The van der Waals surface area contributed by atoms with Gasteiger partial charge in [0, 0.05) is 11.8 Å². The van der Waals surface area contributed by atoms with E-state index in [0.29, 0.717) is 0 Å². The first-order valence-corrected chi connectivity index (χ1v) is 6.73. The van der Waals surface area contributed by atoms with Crippen LogP contribution in [0, 0.1) is 0 Å². The van der Waals surface area contributed by atoms with E-state index in [0.717, 1.165) is 34.5 Å². The second-order valence-electron chi connectivity index (χ2n) is 4.87. The van der Waals surface area contributed by atoms with Crippen molar-refractivity contribution in [2.75, 3.05) is 0 Å². The summed E-state index contributed by atoms with van der Waals surface area (Å²) in [6.07, 6.45) is -2.65. The van der Waals surface area contributed by atoms with E-state index in [2.05, 4.69) is 4.98 Å². The van der Waals surface area contributed by atoms with Crippen LogP contribution in [0.5, 0.6) is 0 Å². The molecule has 0 N–H and O–H groups in total. The molecule has 22 heavy (non-hydrogen) atoms. The highest BCUT2D eigenvalue weighted by atomic mass is 19.4. The maximum absolute atomic E-state index is 12.6. The summed E-state index contributed by atoms with van der Waals surface area (Å²) < 4.78 is 37.8. The van der Waals surface area contributed by atoms with Crippen LogP contribution >= 0.6 is 0 Å². The van der Waals surface area contributed by atoms with Crippen LogP contribution in [-0.4, -0.2) is 4.98 Å². The number of pyridine rings is 1. The SMILES string of the molecule is FC(F)(F)c1ccc(-c2ccnc(-c3ccccc3)c2)cc1. The maximum Gasteiger partial charge on any atom is 0.416 e. The Bertz CT molecular complexity index is 762. The molecule has 0 saturated carbocycles. The molecule has 1 heterocycles. The van der Waals surface area contributed by atoms with Crippen LogP contribution in [0.25, 0.3) is 22.4 Å². The minimum atomic E-state index is -4.31. The van der Waals surface area contributed by atoms with Crippen molar-refractivity contribution in [2.24, 2.45) is 0 Å². The molecule has 1 nitrogen and oxygen atoms in total. The molecule has 110 valence electrons. The molecule has 2 aromatic carbocycles. The largest absolute Gasteiger partial charge is 0.416 e. The van der Waals surface area contributed by atoms with Crippen molar-refractivity contribution in [1.82, 2.24) is 4.98 Å². The Morgan fingerprint density at radius 2 is 1.36 bits per heavy atom. The van der Waals surface area contributed by atoms with Crippen LogP contribution in [0.3, 0.4) is 0 Å². The summed E-state index contributed by atoms with van der Waals surface area (Å²) in [5.41, 5.74) is 2.68. The first-order chi connectivity index (χ1) is 10.5. The van der Waals surface area contributed by atoms with Gasteiger partial charge >= 0.3 is 6.18 Å². The second-order valence-corrected chi connectivity index (χ2v) is 4.87. The lowest BCUT2D eigenvalue weighted by Crippen LogP contribution is -2.03. The molecule has 3 rings (SSSR count). The van der Waals surface area contributed by atoms with E-state index < -0.39 is 11.7 Å². The van der Waals surface area contributed by atoms with Crippen molar-refractivity contribution in [2.45, 2.75) is 6.18 Å². The molecule has 3 aromatic rings. The first kappa shape index (κ1) is 14.3. The Labute approximate surface area is 126 Å². The molecule has 4 heteroatoms. The number of rotatable bonds is 2. The standard InChI is InChI=1S/C18H12F3N/c19-18(20,21)16-8-6-13(7-9-16)15-10-11-22-17(12-15)14-4-2-1-3-5-14/h1-12H. The molecular weight excluding hydrogens is 287 g/mol. The number of aromatic nitrogens is 1. The van der Waals surface area contributed by atoms with Gasteiger partial charge in [-0.2, -0.15) is 13.2 Å². The molecule has 0 saturated heterocycles. The van der Waals surface area contributed by atoms with E-state index in [1.54, 1.807) is 12.3 Å². The average molecular weight is 299 g/mol. The van der Waals surface area contributed by atoms with Gasteiger partial charge in [0.15, 0.2) is 0 Å². The molecule has 0 aliphatic rings. The summed E-state index contributed by atoms with van der Waals surface area (Å²) in [7, 11) is 0. The zero-order valence-corrected chi connectivity index (χ0v) is 11.5. The van der Waals surface area contributed by atoms with Crippen molar-refractivity contribution in [3.63, 3.8) is 0 Å². The number of hydrogen-bond acceptors (Lipinski definition) is 1. The fourth-order valence-electron chi connectivity index (χ4n) is 2.23. The van der Waals surface area contributed by atoms with Gasteiger partial charge in [0.25, 0.3) is 0 Å². The highest BCUT2D eigenvalue weighted by molar-refractivity contribution is 5.70. The Morgan fingerprint density at radius 3 is 2.00 bits per heavy atom. The number of nitrogens with zero attached hydrogens (tertiary/aromatic N) is 1. The quantitative estimate of drug-likeness (QED) is 0.614. The molecule has 0 amide bonds. The normalized spacial score (nSPS) is 11.4. The minimum Gasteiger partial charge on any atom is -0.256 e. The number of halogens is 3. The molecule has 0 fully saturated rings. The van der Waals surface area contributed by atoms with Gasteiger partial charge in [-0.05, 0) is 35.4 Å². The third kappa shape index (κ3) is 3.01. The van der Waals surface area contributed by atoms with Crippen molar-refractivity contribution < 1.29 is 13.2 Å². The fourth-order valence-corrected chi connectivity index (χ4v) is 2.23. The van der Waals surface area contributed by atoms with Gasteiger partial charge in [0.1, 0.15) is 0 Å². The van der Waals surface area contributed by atoms with Gasteiger partial charge in [0.05, 0.1) is 11.3 Å². The lowest BCUT2D eigenvalue weighted by Gasteiger charge is -2.08. The summed E-state index contributed by atoms with van der Waals surface area (Å²) in [5.74, 6) is 0. The van der Waals surface area contributed by atoms with Gasteiger partial charge in [0.2, 0.25) is 0 Å². The third-order valence-electron chi connectivity index (χ3n) is 3.38. The van der Waals surface area contributed by atoms with Crippen LogP contribution < -0.4 is 0 Å². The molecule has 0 aliphatic carbocycles. The van der Waals surface area contributed by atoms with Crippen molar-refractivity contribution in [3.05, 3.63) is 78.5 Å². The van der Waals surface area contributed by atoms with Crippen LogP contribution in [0.15, 0.2) is 72.9 Å². The highest BCUT2D eigenvalue weighted by Gasteiger charge is 2.29. The third-order valence-corrected chi connectivity index (χ3v) is 3.38. The zero-order valence-electron chi connectivity index (χ0n) is 11.5. The zero-order chi connectivity index (χ0) is 15.6. The molecular formula is C18H12F3N. The van der Waals surface area contributed by atoms with Crippen LogP contribution in [0.4, 0.5) is 13.2 Å². The minimum absolute atomic E-state index is 0.645. The molecule has 0 radical (unpaired) electrons. The van der Waals surface area contributed by atoms with E-state index in [4.69, 9.17) is 0 Å². The fraction of sp³-hybridized carbons (Fsp3) is 0.0556. The van der Waals surface area contributed by atoms with Gasteiger partial charge in [-0.1, -0.05) is 42.5 Å². The number of benzene rings is 2. The van der Waals surface area contributed by atoms with Gasteiger partial charge in [-0.15, -0.1) is 0 Å². The Kier molecular flexibility index (Phi) is 3.67. The summed E-state index contributed by atoms with van der Waals surface area (Å²) in [4.78, 5) is 4.31. The molecule has 0 unspecified atom stereocenters. The Hall–Kier alpha value is -2.62. The Morgan fingerprint density at radius 1 is 0.682 bits per heavy atom. The van der Waals surface area contributed by atoms with Crippen molar-refractivity contribution in [3.8, 4) is 22.4 Å². The molecule has 0 bridgehead atoms. The summed E-state index contributed by atoms with van der Waals surface area (Å²) in [5, 5.41) is 0. The highest BCUT2D eigenvalue weighted by Crippen LogP contribution is 2.31. The van der Waals surface area contributed by atoms with Gasteiger partial charge in [-0.3, -0.25) is 4.98 Å². The maximum atomic E-state index is 12.6. The monoisotopic (exact) mass is 299 g/mol. The van der Waals surface area contributed by atoms with Crippen LogP contribution in [0.1, 0.15) is 5.56 Å². The number of alkyl halides is 3. The summed E-state index contributed by atoms with van der Waals surface area (Å²) >= 11 is 0. The summed E-state index contributed by atoms with van der Waals surface area (Å²) in [6.45, 7) is 0. The van der Waals surface area contributed by atoms with Crippen molar-refractivity contribution in [1.29, 1.82) is 0 Å². The van der Waals surface area contributed by atoms with Gasteiger partial charge < -0.3 is 0 Å². The smallest absolute Gasteiger partial charge is 0.256 e. The van der Waals surface area contributed by atoms with Gasteiger partial charge in [-0.25, -0.2) is 0 Å². The molecule has 0 spiro atoms. The van der Waals surface area contributed by atoms with E-state index in [1.165, 1.54) is 12.1 Å². The van der Waals surface area contributed by atoms with E-state index in [9.17, 15) is 13.2 Å². The lowest BCUT2D eigenvalue weighted by atomic mass is 10.0. The molecule has 0 atom stereocenters. The lowest BCUT2D eigenvalue weighted by molar-refractivity contribution is -0.137. The van der Waals surface area contributed by atoms with E-state index >= 15 is 0 Å². The molecule has 0 aliphatic heterocycles. The molecule has 1 aromatic heterocycles. The van der Waals surface area contributed by atoms with Crippen LogP contribution in [-0.2, 0) is 6.18 Å². The van der Waals surface area contributed by atoms with Crippen molar-refractivity contribution >= 4 is 0 Å². The second kappa shape index (κ2) is 5.64.